The standard InChI is InChI=1S/C79H55N5/c1-48-28-32-51(33-29-48)75-80-76(52-34-30-49(2)31-35-52)82-77(81-75)84-73-41-37-55(44-65(73)66-46-64-62-23-7-11-24-67(62)78(3,4)71(64)47-74(66)84)54-18-15-19-56(43-54)83(57-38-36-50-16-5-6-17-53(50)42-57)58-39-40-63-61-22-10-14-27-70(61)79(72(63)45-58)68-25-12-8-20-59(68)60-21-9-13-26-69(60)79/h5-47H,1-4H3. The number of rotatable bonds is 7. The van der Waals surface area contributed by atoms with E-state index < -0.39 is 5.41 Å². The number of aryl methyl sites for hydroxylation is 2. The first kappa shape index (κ1) is 48.2. The molecule has 12 aromatic carbocycles. The molecule has 1 spiro atoms. The summed E-state index contributed by atoms with van der Waals surface area (Å²) >= 11 is 0. The van der Waals surface area contributed by atoms with Crippen molar-refractivity contribution < 1.29 is 0 Å². The lowest BCUT2D eigenvalue weighted by molar-refractivity contribution is 0.661. The molecule has 17 rings (SSSR count). The van der Waals surface area contributed by atoms with Gasteiger partial charge in [0.05, 0.1) is 16.4 Å². The minimum atomic E-state index is -0.482. The Morgan fingerprint density at radius 3 is 1.46 bits per heavy atom. The average Bonchev–Trinajstić information content (AvgIpc) is 1.57. The van der Waals surface area contributed by atoms with Crippen molar-refractivity contribution in [2.45, 2.75) is 38.5 Å². The highest BCUT2D eigenvalue weighted by Crippen LogP contribution is 2.63. The average molecular weight is 1070 g/mol. The molecule has 5 nitrogen and oxygen atoms in total. The van der Waals surface area contributed by atoms with Crippen LogP contribution in [0.3, 0.4) is 0 Å². The van der Waals surface area contributed by atoms with Gasteiger partial charge in [-0.1, -0.05) is 225 Å². The summed E-state index contributed by atoms with van der Waals surface area (Å²) in [7, 11) is 0. The summed E-state index contributed by atoms with van der Waals surface area (Å²) in [4.78, 5) is 18.4. The normalized spacial score (nSPS) is 13.7. The van der Waals surface area contributed by atoms with Crippen molar-refractivity contribution >= 4 is 49.6 Å². The summed E-state index contributed by atoms with van der Waals surface area (Å²) in [5.74, 6) is 1.84. The molecule has 5 heteroatoms. The molecular weight excluding hydrogens is 1020 g/mol. The fourth-order valence-corrected chi connectivity index (χ4v) is 14.5. The van der Waals surface area contributed by atoms with E-state index in [-0.39, 0.29) is 5.41 Å². The number of hydrogen-bond acceptors (Lipinski definition) is 4. The van der Waals surface area contributed by atoms with Crippen molar-refractivity contribution in [3.63, 3.8) is 0 Å². The fourth-order valence-electron chi connectivity index (χ4n) is 14.5. The second-order valence-corrected chi connectivity index (χ2v) is 23.7. The summed E-state index contributed by atoms with van der Waals surface area (Å²) < 4.78 is 2.28. The molecule has 84 heavy (non-hydrogen) atoms. The summed E-state index contributed by atoms with van der Waals surface area (Å²) in [5, 5.41) is 4.66. The van der Waals surface area contributed by atoms with Crippen LogP contribution < -0.4 is 4.90 Å². The highest BCUT2D eigenvalue weighted by molar-refractivity contribution is 6.13. The molecule has 2 aromatic heterocycles. The van der Waals surface area contributed by atoms with E-state index in [4.69, 9.17) is 15.0 Å². The molecule has 396 valence electrons. The van der Waals surface area contributed by atoms with E-state index in [0.717, 1.165) is 61.1 Å². The maximum Gasteiger partial charge on any atom is 0.238 e. The molecule has 0 bridgehead atoms. The zero-order valence-corrected chi connectivity index (χ0v) is 47.1. The van der Waals surface area contributed by atoms with E-state index in [2.05, 4.69) is 298 Å². The van der Waals surface area contributed by atoms with E-state index in [1.54, 1.807) is 0 Å². The molecule has 0 amide bonds. The highest BCUT2D eigenvalue weighted by Gasteiger charge is 2.51. The Morgan fingerprint density at radius 2 is 0.821 bits per heavy atom. The van der Waals surface area contributed by atoms with E-state index in [0.29, 0.717) is 17.6 Å². The first-order valence-electron chi connectivity index (χ1n) is 29.2. The maximum absolute atomic E-state index is 5.39. The summed E-state index contributed by atoms with van der Waals surface area (Å²) in [6, 6.07) is 96.7. The zero-order valence-electron chi connectivity index (χ0n) is 47.1. The minimum absolute atomic E-state index is 0.224. The molecular formula is C79H55N5. The van der Waals surface area contributed by atoms with Gasteiger partial charge in [0.1, 0.15) is 0 Å². The van der Waals surface area contributed by atoms with Crippen LogP contribution in [0.1, 0.15) is 58.4 Å². The Hall–Kier alpha value is -10.5. The molecule has 3 aliphatic rings. The van der Waals surface area contributed by atoms with Crippen LogP contribution >= 0.6 is 0 Å². The lowest BCUT2D eigenvalue weighted by atomic mass is 9.70. The Morgan fingerprint density at radius 1 is 0.321 bits per heavy atom. The molecule has 0 fully saturated rings. The van der Waals surface area contributed by atoms with Gasteiger partial charge >= 0.3 is 0 Å². The predicted molar refractivity (Wildman–Crippen MR) is 346 cm³/mol. The van der Waals surface area contributed by atoms with Gasteiger partial charge in [-0.2, -0.15) is 9.97 Å². The number of anilines is 3. The van der Waals surface area contributed by atoms with Gasteiger partial charge in [-0.3, -0.25) is 4.57 Å². The monoisotopic (exact) mass is 1070 g/mol. The Labute approximate surface area is 488 Å². The van der Waals surface area contributed by atoms with Gasteiger partial charge in [-0.05, 0) is 163 Å². The summed E-state index contributed by atoms with van der Waals surface area (Å²) in [5.41, 5.74) is 26.7. The fraction of sp³-hybridized carbons (Fsp3) is 0.0759. The Bertz CT molecular complexity index is 4950. The zero-order chi connectivity index (χ0) is 56.0. The number of hydrogen-bond donors (Lipinski definition) is 0. The summed E-state index contributed by atoms with van der Waals surface area (Å²) in [6.07, 6.45) is 0. The maximum atomic E-state index is 5.39. The first-order chi connectivity index (χ1) is 41.2. The second-order valence-electron chi connectivity index (χ2n) is 23.7. The van der Waals surface area contributed by atoms with Gasteiger partial charge in [0.25, 0.3) is 0 Å². The van der Waals surface area contributed by atoms with E-state index in [9.17, 15) is 0 Å². The minimum Gasteiger partial charge on any atom is -0.310 e. The van der Waals surface area contributed by atoms with Crippen LogP contribution in [0.5, 0.6) is 0 Å². The number of nitrogens with zero attached hydrogens (tertiary/aromatic N) is 5. The lowest BCUT2D eigenvalue weighted by Crippen LogP contribution is -2.26. The molecule has 0 unspecified atom stereocenters. The topological polar surface area (TPSA) is 46.8 Å². The third kappa shape index (κ3) is 6.99. The third-order valence-corrected chi connectivity index (χ3v) is 18.6. The predicted octanol–water partition coefficient (Wildman–Crippen LogP) is 19.9. The van der Waals surface area contributed by atoms with Gasteiger partial charge in [0.15, 0.2) is 11.6 Å². The van der Waals surface area contributed by atoms with Gasteiger partial charge in [-0.15, -0.1) is 0 Å². The van der Waals surface area contributed by atoms with E-state index >= 15 is 0 Å². The largest absolute Gasteiger partial charge is 0.310 e. The molecule has 0 saturated carbocycles. The van der Waals surface area contributed by atoms with Crippen molar-refractivity contribution in [3.8, 4) is 73.2 Å². The third-order valence-electron chi connectivity index (χ3n) is 18.6. The molecule has 3 aliphatic carbocycles. The molecule has 0 N–H and O–H groups in total. The smallest absolute Gasteiger partial charge is 0.238 e. The second kappa shape index (κ2) is 18.0. The quantitative estimate of drug-likeness (QED) is 0.160. The van der Waals surface area contributed by atoms with Crippen molar-refractivity contribution in [2.75, 3.05) is 4.90 Å². The van der Waals surface area contributed by atoms with Crippen LogP contribution in [0.4, 0.5) is 17.1 Å². The Balaban J connectivity index is 0.872. The van der Waals surface area contributed by atoms with E-state index in [1.165, 1.54) is 88.7 Å². The molecule has 0 atom stereocenters. The highest BCUT2D eigenvalue weighted by atomic mass is 15.2. The van der Waals surface area contributed by atoms with Gasteiger partial charge in [0, 0.05) is 44.4 Å². The van der Waals surface area contributed by atoms with Gasteiger partial charge in [-0.25, -0.2) is 4.98 Å². The molecule has 2 heterocycles. The first-order valence-corrected chi connectivity index (χ1v) is 29.2. The SMILES string of the molecule is Cc1ccc(-c2nc(-c3ccc(C)cc3)nc(-n3c4ccc(-c5cccc(N(c6ccc7c(c6)C6(c8ccccc8-c8ccccc86)c6ccccc6-7)c6ccc7ccccc7c6)c5)cc4c4cc5c(cc43)C(C)(C)c3ccccc3-5)n2)cc1. The molecule has 0 radical (unpaired) electrons. The van der Waals surface area contributed by atoms with Crippen LogP contribution in [0.25, 0.3) is 106 Å². The van der Waals surface area contributed by atoms with Crippen LogP contribution in [0.15, 0.2) is 261 Å². The Kier molecular flexibility index (Phi) is 10.3. The van der Waals surface area contributed by atoms with Crippen LogP contribution in [0, 0.1) is 13.8 Å². The lowest BCUT2D eigenvalue weighted by Gasteiger charge is -2.32. The van der Waals surface area contributed by atoms with Gasteiger partial charge < -0.3 is 4.90 Å². The molecule has 0 saturated heterocycles. The van der Waals surface area contributed by atoms with Crippen LogP contribution in [-0.4, -0.2) is 19.5 Å². The number of aromatic nitrogens is 4. The van der Waals surface area contributed by atoms with Crippen LogP contribution in [-0.2, 0) is 10.8 Å². The van der Waals surface area contributed by atoms with Crippen molar-refractivity contribution in [3.05, 3.63) is 305 Å². The van der Waals surface area contributed by atoms with Crippen molar-refractivity contribution in [1.29, 1.82) is 0 Å². The van der Waals surface area contributed by atoms with Crippen LogP contribution in [0.2, 0.25) is 0 Å². The van der Waals surface area contributed by atoms with Gasteiger partial charge in [0.2, 0.25) is 5.95 Å². The summed E-state index contributed by atoms with van der Waals surface area (Å²) in [6.45, 7) is 8.92. The molecule has 14 aromatic rings. The molecule has 0 aliphatic heterocycles. The van der Waals surface area contributed by atoms with Crippen molar-refractivity contribution in [1.82, 2.24) is 19.5 Å². The van der Waals surface area contributed by atoms with E-state index in [1.807, 2.05) is 0 Å². The number of fused-ring (bicyclic) bond motifs is 17. The number of benzene rings is 12. The van der Waals surface area contributed by atoms with Crippen molar-refractivity contribution in [2.24, 2.45) is 0 Å².